The largest absolute Gasteiger partial charge is 0.495 e. The molecule has 124 valence electrons. The van der Waals surface area contributed by atoms with Crippen LogP contribution < -0.4 is 9.46 Å². The van der Waals surface area contributed by atoms with Crippen LogP contribution in [0.2, 0.25) is 0 Å². The quantitative estimate of drug-likeness (QED) is 0.766. The Labute approximate surface area is 142 Å². The summed E-state index contributed by atoms with van der Waals surface area (Å²) in [4.78, 5) is 0.139. The first-order valence-electron chi connectivity index (χ1n) is 7.66. The fraction of sp³-hybridized carbons (Fsp3) is 0.158. The molecule has 0 aromatic heterocycles. The van der Waals surface area contributed by atoms with Gasteiger partial charge in [0.1, 0.15) is 10.6 Å². The topological polar surface area (TPSA) is 55.4 Å². The molecule has 1 atom stereocenters. The van der Waals surface area contributed by atoms with Crippen LogP contribution in [-0.4, -0.2) is 15.5 Å². The van der Waals surface area contributed by atoms with Crippen molar-refractivity contribution in [2.45, 2.75) is 17.9 Å². The van der Waals surface area contributed by atoms with Crippen molar-refractivity contribution < 1.29 is 13.2 Å². The Kier molecular flexibility index (Phi) is 4.55. The molecule has 1 N–H and O–H groups in total. The van der Waals surface area contributed by atoms with Gasteiger partial charge in [0.05, 0.1) is 7.11 Å². The molecule has 1 unspecified atom stereocenters. The van der Waals surface area contributed by atoms with E-state index in [1.165, 1.54) is 13.2 Å². The maximum absolute atomic E-state index is 12.7. The summed E-state index contributed by atoms with van der Waals surface area (Å²) in [5.41, 5.74) is 0.937. The van der Waals surface area contributed by atoms with Gasteiger partial charge in [-0.25, -0.2) is 13.1 Å². The van der Waals surface area contributed by atoms with Crippen molar-refractivity contribution in [2.24, 2.45) is 0 Å². The molecule has 0 saturated carbocycles. The third kappa shape index (κ3) is 3.13. The van der Waals surface area contributed by atoms with Crippen molar-refractivity contribution in [1.29, 1.82) is 0 Å². The standard InChI is InChI=1S/C19H19NO3S/c1-14(16-11-7-9-15-8-3-4-10-17(15)16)20-24(21,22)19-13-6-5-12-18(19)23-2/h3-14,20H,1-2H3. The normalized spacial score (nSPS) is 12.9. The molecule has 0 bridgehead atoms. The molecule has 3 aromatic rings. The number of hydrogen-bond donors (Lipinski definition) is 1. The van der Waals surface area contributed by atoms with Crippen LogP contribution in [0.5, 0.6) is 5.75 Å². The summed E-state index contributed by atoms with van der Waals surface area (Å²) in [5, 5.41) is 2.12. The number of sulfonamides is 1. The minimum absolute atomic E-state index is 0.139. The Hall–Kier alpha value is -2.37. The first kappa shape index (κ1) is 16.5. The van der Waals surface area contributed by atoms with Gasteiger partial charge in [0.25, 0.3) is 0 Å². The van der Waals surface area contributed by atoms with Crippen LogP contribution in [0.4, 0.5) is 0 Å². The van der Waals surface area contributed by atoms with Gasteiger partial charge in [-0.3, -0.25) is 0 Å². The minimum atomic E-state index is -3.69. The second-order valence-electron chi connectivity index (χ2n) is 5.56. The molecule has 4 nitrogen and oxygen atoms in total. The molecule has 0 spiro atoms. The van der Waals surface area contributed by atoms with E-state index in [1.54, 1.807) is 18.2 Å². The zero-order chi connectivity index (χ0) is 17.2. The molecule has 24 heavy (non-hydrogen) atoms. The van der Waals surface area contributed by atoms with Gasteiger partial charge in [0.15, 0.2) is 0 Å². The molecular weight excluding hydrogens is 322 g/mol. The van der Waals surface area contributed by atoms with Gasteiger partial charge >= 0.3 is 0 Å². The van der Waals surface area contributed by atoms with Crippen molar-refractivity contribution in [2.75, 3.05) is 7.11 Å². The molecule has 0 radical (unpaired) electrons. The van der Waals surface area contributed by atoms with E-state index in [2.05, 4.69) is 4.72 Å². The summed E-state index contributed by atoms with van der Waals surface area (Å²) in [7, 11) is -2.23. The molecule has 0 amide bonds. The molecule has 0 aliphatic rings. The van der Waals surface area contributed by atoms with E-state index in [4.69, 9.17) is 4.74 Å². The van der Waals surface area contributed by atoms with Gasteiger partial charge in [-0.1, -0.05) is 54.6 Å². The lowest BCUT2D eigenvalue weighted by Gasteiger charge is -2.18. The molecule has 0 aliphatic heterocycles. The van der Waals surface area contributed by atoms with Crippen LogP contribution in [0.1, 0.15) is 18.5 Å². The van der Waals surface area contributed by atoms with Crippen LogP contribution in [0.15, 0.2) is 71.6 Å². The second kappa shape index (κ2) is 6.63. The van der Waals surface area contributed by atoms with Crippen molar-refractivity contribution in [3.05, 3.63) is 72.3 Å². The highest BCUT2D eigenvalue weighted by atomic mass is 32.2. The van der Waals surface area contributed by atoms with Crippen LogP contribution in [0.25, 0.3) is 10.8 Å². The van der Waals surface area contributed by atoms with Gasteiger partial charge in [0, 0.05) is 6.04 Å². The number of ether oxygens (including phenoxy) is 1. The predicted molar refractivity (Wildman–Crippen MR) is 95.7 cm³/mol. The van der Waals surface area contributed by atoms with Crippen LogP contribution in [-0.2, 0) is 10.0 Å². The Morgan fingerprint density at radius 3 is 2.38 bits per heavy atom. The fourth-order valence-corrected chi connectivity index (χ4v) is 4.22. The summed E-state index contributed by atoms with van der Waals surface area (Å²) >= 11 is 0. The number of methoxy groups -OCH3 is 1. The highest BCUT2D eigenvalue weighted by Crippen LogP contribution is 2.28. The van der Waals surface area contributed by atoms with Crippen LogP contribution in [0, 0.1) is 0 Å². The van der Waals surface area contributed by atoms with Crippen LogP contribution in [0.3, 0.4) is 0 Å². The number of para-hydroxylation sites is 1. The number of hydrogen-bond acceptors (Lipinski definition) is 3. The van der Waals surface area contributed by atoms with Gasteiger partial charge in [-0.2, -0.15) is 0 Å². The van der Waals surface area contributed by atoms with Crippen molar-refractivity contribution in [1.82, 2.24) is 4.72 Å². The number of fused-ring (bicyclic) bond motifs is 1. The molecule has 0 fully saturated rings. The number of nitrogens with one attached hydrogen (secondary N) is 1. The highest BCUT2D eigenvalue weighted by Gasteiger charge is 2.22. The average molecular weight is 341 g/mol. The van der Waals surface area contributed by atoms with E-state index in [0.29, 0.717) is 5.75 Å². The highest BCUT2D eigenvalue weighted by molar-refractivity contribution is 7.89. The van der Waals surface area contributed by atoms with E-state index >= 15 is 0 Å². The van der Waals surface area contributed by atoms with Gasteiger partial charge in [-0.05, 0) is 35.4 Å². The smallest absolute Gasteiger partial charge is 0.244 e. The predicted octanol–water partition coefficient (Wildman–Crippen LogP) is 3.89. The SMILES string of the molecule is COc1ccccc1S(=O)(=O)NC(C)c1cccc2ccccc12. The summed E-state index contributed by atoms with van der Waals surface area (Å²) in [6.45, 7) is 1.84. The van der Waals surface area contributed by atoms with E-state index in [-0.39, 0.29) is 10.9 Å². The maximum atomic E-state index is 12.7. The van der Waals surface area contributed by atoms with E-state index < -0.39 is 10.0 Å². The Bertz CT molecular complexity index is 962. The third-order valence-corrected chi connectivity index (χ3v) is 5.56. The molecule has 0 heterocycles. The lowest BCUT2D eigenvalue weighted by Crippen LogP contribution is -2.27. The summed E-state index contributed by atoms with van der Waals surface area (Å²) in [6, 6.07) is 20.1. The van der Waals surface area contributed by atoms with Crippen molar-refractivity contribution in [3.63, 3.8) is 0 Å². The molecule has 0 aliphatic carbocycles. The first-order valence-corrected chi connectivity index (χ1v) is 9.14. The number of benzene rings is 3. The zero-order valence-electron chi connectivity index (χ0n) is 13.6. The van der Waals surface area contributed by atoms with Crippen molar-refractivity contribution in [3.8, 4) is 5.75 Å². The maximum Gasteiger partial charge on any atom is 0.244 e. The van der Waals surface area contributed by atoms with E-state index in [1.807, 2.05) is 49.4 Å². The van der Waals surface area contributed by atoms with Crippen LogP contribution >= 0.6 is 0 Å². The lowest BCUT2D eigenvalue weighted by molar-refractivity contribution is 0.402. The van der Waals surface area contributed by atoms with Gasteiger partial charge in [0.2, 0.25) is 10.0 Å². The monoisotopic (exact) mass is 341 g/mol. The summed E-state index contributed by atoms with van der Waals surface area (Å²) in [5.74, 6) is 0.329. The average Bonchev–Trinajstić information content (AvgIpc) is 2.60. The fourth-order valence-electron chi connectivity index (χ4n) is 2.83. The molecule has 5 heteroatoms. The summed E-state index contributed by atoms with van der Waals surface area (Å²) in [6.07, 6.45) is 0. The molecule has 3 rings (SSSR count). The van der Waals surface area contributed by atoms with Crippen molar-refractivity contribution >= 4 is 20.8 Å². The van der Waals surface area contributed by atoms with E-state index in [9.17, 15) is 8.42 Å². The van der Waals surface area contributed by atoms with Gasteiger partial charge in [-0.15, -0.1) is 0 Å². The second-order valence-corrected chi connectivity index (χ2v) is 7.24. The zero-order valence-corrected chi connectivity index (χ0v) is 14.4. The minimum Gasteiger partial charge on any atom is -0.495 e. The molecule has 0 saturated heterocycles. The summed E-state index contributed by atoms with van der Waals surface area (Å²) < 4.78 is 33.4. The van der Waals surface area contributed by atoms with E-state index in [0.717, 1.165) is 16.3 Å². The Morgan fingerprint density at radius 2 is 1.58 bits per heavy atom. The molecular formula is C19H19NO3S. The Morgan fingerprint density at radius 1 is 0.917 bits per heavy atom. The number of rotatable bonds is 5. The first-order chi connectivity index (χ1) is 11.5. The third-order valence-electron chi connectivity index (χ3n) is 3.98. The lowest BCUT2D eigenvalue weighted by atomic mass is 10.0. The Balaban J connectivity index is 1.97. The van der Waals surface area contributed by atoms with Gasteiger partial charge < -0.3 is 4.74 Å². The molecule has 3 aromatic carbocycles.